The van der Waals surface area contributed by atoms with E-state index in [1.165, 1.54) is 5.56 Å². The van der Waals surface area contributed by atoms with Crippen LogP contribution in [0.25, 0.3) is 11.0 Å². The SMILES string of the molecule is CC(C)(C)n1ncc2c(N3CCN(C4CCCN(Cc5ccccc5)C4=O)CC3)ncnc21. The van der Waals surface area contributed by atoms with E-state index in [1.54, 1.807) is 6.33 Å². The number of carbonyl (C=O) groups excluding carboxylic acids is 1. The van der Waals surface area contributed by atoms with E-state index in [4.69, 9.17) is 0 Å². The van der Waals surface area contributed by atoms with Gasteiger partial charge in [0, 0.05) is 39.3 Å². The van der Waals surface area contributed by atoms with Crippen LogP contribution in [-0.2, 0) is 16.9 Å². The van der Waals surface area contributed by atoms with Crippen molar-refractivity contribution in [1.29, 1.82) is 0 Å². The molecule has 2 fully saturated rings. The second-order valence-corrected chi connectivity index (χ2v) is 10.1. The van der Waals surface area contributed by atoms with E-state index in [9.17, 15) is 4.79 Å². The highest BCUT2D eigenvalue weighted by atomic mass is 16.2. The van der Waals surface area contributed by atoms with Gasteiger partial charge >= 0.3 is 0 Å². The lowest BCUT2D eigenvalue weighted by Gasteiger charge is -2.42. The van der Waals surface area contributed by atoms with E-state index in [0.717, 1.165) is 62.4 Å². The van der Waals surface area contributed by atoms with Crippen molar-refractivity contribution >= 4 is 22.8 Å². The van der Waals surface area contributed by atoms with E-state index in [0.29, 0.717) is 6.54 Å². The molecule has 0 radical (unpaired) electrons. The number of aromatic nitrogens is 4. The van der Waals surface area contributed by atoms with Gasteiger partial charge in [0.15, 0.2) is 5.65 Å². The third-order valence-corrected chi connectivity index (χ3v) is 6.75. The summed E-state index contributed by atoms with van der Waals surface area (Å²) in [6, 6.07) is 10.3. The highest BCUT2D eigenvalue weighted by Crippen LogP contribution is 2.28. The van der Waals surface area contributed by atoms with Gasteiger partial charge in [-0.3, -0.25) is 9.69 Å². The maximum absolute atomic E-state index is 13.3. The monoisotopic (exact) mass is 447 g/mol. The fraction of sp³-hybridized carbons (Fsp3) is 0.520. The Balaban J connectivity index is 1.27. The molecule has 4 heterocycles. The van der Waals surface area contributed by atoms with Crippen molar-refractivity contribution in [2.24, 2.45) is 0 Å². The summed E-state index contributed by atoms with van der Waals surface area (Å²) < 4.78 is 1.96. The van der Waals surface area contributed by atoms with Crippen molar-refractivity contribution < 1.29 is 4.79 Å². The van der Waals surface area contributed by atoms with Gasteiger partial charge in [0.25, 0.3) is 0 Å². The van der Waals surface area contributed by atoms with Gasteiger partial charge in [-0.05, 0) is 39.2 Å². The zero-order chi connectivity index (χ0) is 23.0. The van der Waals surface area contributed by atoms with Crippen molar-refractivity contribution in [1.82, 2.24) is 29.5 Å². The Morgan fingerprint density at radius 3 is 2.48 bits per heavy atom. The number of fused-ring (bicyclic) bond motifs is 1. The number of likely N-dealkylation sites (tertiary alicyclic amines) is 1. The van der Waals surface area contributed by atoms with Crippen molar-refractivity contribution in [2.75, 3.05) is 37.6 Å². The average Bonchev–Trinajstić information content (AvgIpc) is 3.26. The molecule has 3 aromatic rings. The summed E-state index contributed by atoms with van der Waals surface area (Å²) in [4.78, 5) is 29.1. The zero-order valence-electron chi connectivity index (χ0n) is 19.8. The maximum Gasteiger partial charge on any atom is 0.240 e. The smallest absolute Gasteiger partial charge is 0.240 e. The standard InChI is InChI=1S/C25H33N7O/c1-25(2,3)32-23-20(16-28-32)22(26-18-27-23)30-14-12-29(13-15-30)21-10-7-11-31(24(21)33)17-19-8-5-4-6-9-19/h4-6,8-9,16,18,21H,7,10-15,17H2,1-3H3. The number of amides is 1. The minimum atomic E-state index is -0.140. The average molecular weight is 448 g/mol. The molecule has 0 saturated carbocycles. The molecule has 0 aliphatic carbocycles. The van der Waals surface area contributed by atoms with Crippen molar-refractivity contribution in [3.05, 3.63) is 48.4 Å². The molecule has 8 nitrogen and oxygen atoms in total. The van der Waals surface area contributed by atoms with E-state index in [2.05, 4.69) is 57.8 Å². The first-order chi connectivity index (χ1) is 15.9. The highest BCUT2D eigenvalue weighted by Gasteiger charge is 2.35. The Labute approximate surface area is 195 Å². The number of rotatable bonds is 4. The van der Waals surface area contributed by atoms with E-state index < -0.39 is 0 Å². The van der Waals surface area contributed by atoms with Gasteiger partial charge in [-0.15, -0.1) is 0 Å². The first kappa shape index (κ1) is 21.8. The molecular weight excluding hydrogens is 414 g/mol. The molecule has 0 bridgehead atoms. The number of piperidine rings is 1. The van der Waals surface area contributed by atoms with Crippen LogP contribution in [0.1, 0.15) is 39.2 Å². The summed E-state index contributed by atoms with van der Waals surface area (Å²) in [5, 5.41) is 5.58. The maximum atomic E-state index is 13.3. The summed E-state index contributed by atoms with van der Waals surface area (Å²) >= 11 is 0. The van der Waals surface area contributed by atoms with Crippen LogP contribution in [0.2, 0.25) is 0 Å². The lowest BCUT2D eigenvalue weighted by atomic mass is 10.0. The Hall–Kier alpha value is -3.00. The van der Waals surface area contributed by atoms with Crippen LogP contribution < -0.4 is 4.90 Å². The fourth-order valence-corrected chi connectivity index (χ4v) is 5.04. The van der Waals surface area contributed by atoms with Crippen LogP contribution in [0.3, 0.4) is 0 Å². The number of hydrogen-bond acceptors (Lipinski definition) is 6. The summed E-state index contributed by atoms with van der Waals surface area (Å²) in [6.45, 7) is 11.3. The second kappa shape index (κ2) is 8.74. The lowest BCUT2D eigenvalue weighted by molar-refractivity contribution is -0.141. The molecule has 2 aromatic heterocycles. The predicted molar refractivity (Wildman–Crippen MR) is 129 cm³/mol. The Morgan fingerprint density at radius 2 is 1.76 bits per heavy atom. The van der Waals surface area contributed by atoms with Gasteiger partial charge in [0.2, 0.25) is 5.91 Å². The largest absolute Gasteiger partial charge is 0.353 e. The molecule has 1 aromatic carbocycles. The van der Waals surface area contributed by atoms with Crippen LogP contribution in [0, 0.1) is 0 Å². The molecule has 2 aliphatic heterocycles. The van der Waals surface area contributed by atoms with Gasteiger partial charge in [-0.25, -0.2) is 14.6 Å². The van der Waals surface area contributed by atoms with E-state index in [-0.39, 0.29) is 17.5 Å². The zero-order valence-corrected chi connectivity index (χ0v) is 19.8. The summed E-state index contributed by atoms with van der Waals surface area (Å²) in [6.07, 6.45) is 5.52. The molecule has 2 aliphatic rings. The molecule has 1 amide bonds. The Bertz CT molecular complexity index is 1110. The molecule has 1 atom stereocenters. The van der Waals surface area contributed by atoms with Gasteiger partial charge in [0.1, 0.15) is 12.1 Å². The van der Waals surface area contributed by atoms with Gasteiger partial charge in [-0.1, -0.05) is 30.3 Å². The van der Waals surface area contributed by atoms with E-state index in [1.807, 2.05) is 34.0 Å². The Morgan fingerprint density at radius 1 is 1.00 bits per heavy atom. The number of hydrogen-bond donors (Lipinski definition) is 0. The molecule has 8 heteroatoms. The minimum absolute atomic E-state index is 0.0151. The van der Waals surface area contributed by atoms with E-state index >= 15 is 0 Å². The number of nitrogens with zero attached hydrogens (tertiary/aromatic N) is 7. The molecule has 33 heavy (non-hydrogen) atoms. The first-order valence-electron chi connectivity index (χ1n) is 11.9. The van der Waals surface area contributed by atoms with Crippen molar-refractivity contribution in [3.63, 3.8) is 0 Å². The lowest BCUT2D eigenvalue weighted by Crippen LogP contribution is -2.57. The van der Waals surface area contributed by atoms with Crippen molar-refractivity contribution in [2.45, 2.75) is 51.7 Å². The van der Waals surface area contributed by atoms with Gasteiger partial charge in [0.05, 0.1) is 23.2 Å². The number of piperazine rings is 1. The number of carbonyl (C=O) groups is 1. The molecular formula is C25H33N7O. The Kier molecular flexibility index (Phi) is 5.78. The van der Waals surface area contributed by atoms with Crippen LogP contribution in [0.5, 0.6) is 0 Å². The minimum Gasteiger partial charge on any atom is -0.353 e. The molecule has 0 spiro atoms. The van der Waals surface area contributed by atoms with Crippen LogP contribution >= 0.6 is 0 Å². The third kappa shape index (κ3) is 4.31. The molecule has 2 saturated heterocycles. The quantitative estimate of drug-likeness (QED) is 0.613. The number of benzene rings is 1. The topological polar surface area (TPSA) is 70.4 Å². The molecule has 1 unspecified atom stereocenters. The van der Waals surface area contributed by atoms with Crippen LogP contribution in [0.4, 0.5) is 5.82 Å². The highest BCUT2D eigenvalue weighted by molar-refractivity contribution is 5.87. The second-order valence-electron chi connectivity index (χ2n) is 10.1. The molecule has 5 rings (SSSR count). The van der Waals surface area contributed by atoms with Gasteiger partial charge in [-0.2, -0.15) is 5.10 Å². The normalized spacial score (nSPS) is 20.6. The summed E-state index contributed by atoms with van der Waals surface area (Å²) in [5.41, 5.74) is 1.92. The summed E-state index contributed by atoms with van der Waals surface area (Å²) in [7, 11) is 0. The summed E-state index contributed by atoms with van der Waals surface area (Å²) in [5.74, 6) is 1.21. The molecule has 0 N–H and O–H groups in total. The van der Waals surface area contributed by atoms with Crippen molar-refractivity contribution in [3.8, 4) is 0 Å². The van der Waals surface area contributed by atoms with Crippen LogP contribution in [0.15, 0.2) is 42.9 Å². The van der Waals surface area contributed by atoms with Gasteiger partial charge < -0.3 is 9.80 Å². The third-order valence-electron chi connectivity index (χ3n) is 6.75. The predicted octanol–water partition coefficient (Wildman–Crippen LogP) is 2.89. The fourth-order valence-electron chi connectivity index (χ4n) is 5.04. The number of anilines is 1. The first-order valence-corrected chi connectivity index (χ1v) is 11.9. The van der Waals surface area contributed by atoms with Crippen LogP contribution in [-0.4, -0.2) is 74.2 Å². The molecule has 174 valence electrons.